The van der Waals surface area contributed by atoms with Crippen LogP contribution >= 0.6 is 11.8 Å². The lowest BCUT2D eigenvalue weighted by Gasteiger charge is -2.22. The molecule has 0 saturated carbocycles. The number of benzene rings is 2. The lowest BCUT2D eigenvalue weighted by molar-refractivity contribution is -0.116. The van der Waals surface area contributed by atoms with Crippen molar-refractivity contribution in [2.75, 3.05) is 10.7 Å². The number of nitrogens with zero attached hydrogens (tertiary/aromatic N) is 3. The maximum atomic E-state index is 12.8. The first-order valence-corrected chi connectivity index (χ1v) is 10.2. The van der Waals surface area contributed by atoms with Gasteiger partial charge in [-0.25, -0.2) is 4.98 Å². The number of hydrogen-bond donors (Lipinski definition) is 1. The van der Waals surface area contributed by atoms with E-state index >= 15 is 0 Å². The molecule has 2 aromatic carbocycles. The third-order valence-electron chi connectivity index (χ3n) is 4.90. The van der Waals surface area contributed by atoms with Crippen LogP contribution in [0.5, 0.6) is 0 Å². The number of nitrogens with one attached hydrogen (secondary N) is 1. The Morgan fingerprint density at radius 3 is 2.78 bits per heavy atom. The SMILES string of the molecule is CCc1ccc(-c2nc(SCC(=O)N3c4ccccc4CC3C)n[nH]2)cc1. The van der Waals surface area contributed by atoms with Gasteiger partial charge in [-0.2, -0.15) is 0 Å². The summed E-state index contributed by atoms with van der Waals surface area (Å²) in [5.41, 5.74) is 4.56. The third kappa shape index (κ3) is 3.62. The van der Waals surface area contributed by atoms with Crippen LogP contribution in [0.3, 0.4) is 0 Å². The molecule has 27 heavy (non-hydrogen) atoms. The molecule has 6 heteroatoms. The average molecular weight is 379 g/mol. The van der Waals surface area contributed by atoms with Gasteiger partial charge in [-0.3, -0.25) is 9.89 Å². The van der Waals surface area contributed by atoms with Crippen molar-refractivity contribution in [2.45, 2.75) is 37.9 Å². The van der Waals surface area contributed by atoms with Crippen LogP contribution in [0.2, 0.25) is 0 Å². The number of carbonyl (C=O) groups is 1. The fraction of sp³-hybridized carbons (Fsp3) is 0.286. The number of anilines is 1. The Kier molecular flexibility index (Phi) is 4.99. The number of aryl methyl sites for hydroxylation is 1. The molecule has 4 rings (SSSR count). The highest BCUT2D eigenvalue weighted by Gasteiger charge is 2.30. The molecule has 1 unspecified atom stereocenters. The van der Waals surface area contributed by atoms with E-state index in [4.69, 9.17) is 0 Å². The topological polar surface area (TPSA) is 61.9 Å². The summed E-state index contributed by atoms with van der Waals surface area (Å²) in [4.78, 5) is 19.2. The summed E-state index contributed by atoms with van der Waals surface area (Å²) in [5, 5.41) is 7.82. The Bertz CT molecular complexity index is 951. The van der Waals surface area contributed by atoms with E-state index in [1.165, 1.54) is 22.9 Å². The number of carbonyl (C=O) groups excluding carboxylic acids is 1. The Balaban J connectivity index is 1.42. The number of aromatic amines is 1. The molecule has 0 radical (unpaired) electrons. The first-order chi connectivity index (χ1) is 13.2. The predicted octanol–water partition coefficient (Wildman–Crippen LogP) is 4.10. The number of rotatable bonds is 5. The molecule has 1 aliphatic rings. The molecular formula is C21H22N4OS. The van der Waals surface area contributed by atoms with Gasteiger partial charge in [0.2, 0.25) is 11.1 Å². The Labute approximate surface area is 163 Å². The highest BCUT2D eigenvalue weighted by atomic mass is 32.2. The fourth-order valence-electron chi connectivity index (χ4n) is 3.48. The molecule has 0 bridgehead atoms. The zero-order valence-electron chi connectivity index (χ0n) is 15.5. The van der Waals surface area contributed by atoms with Crippen molar-refractivity contribution in [3.8, 4) is 11.4 Å². The Morgan fingerprint density at radius 2 is 2.00 bits per heavy atom. The minimum absolute atomic E-state index is 0.0936. The van der Waals surface area contributed by atoms with E-state index in [2.05, 4.69) is 47.2 Å². The van der Waals surface area contributed by atoms with Crippen LogP contribution in [0.4, 0.5) is 5.69 Å². The molecule has 0 fully saturated rings. The zero-order valence-corrected chi connectivity index (χ0v) is 16.3. The summed E-state index contributed by atoms with van der Waals surface area (Å²) in [6.07, 6.45) is 1.92. The molecular weight excluding hydrogens is 356 g/mol. The zero-order chi connectivity index (χ0) is 18.8. The largest absolute Gasteiger partial charge is 0.308 e. The number of amides is 1. The van der Waals surface area contributed by atoms with Gasteiger partial charge in [0.25, 0.3) is 0 Å². The van der Waals surface area contributed by atoms with Gasteiger partial charge in [0.1, 0.15) is 0 Å². The minimum atomic E-state index is 0.0936. The number of hydrogen-bond acceptors (Lipinski definition) is 4. The van der Waals surface area contributed by atoms with Crippen LogP contribution in [0.25, 0.3) is 11.4 Å². The maximum Gasteiger partial charge on any atom is 0.237 e. The summed E-state index contributed by atoms with van der Waals surface area (Å²) in [7, 11) is 0. The first kappa shape index (κ1) is 17.8. The van der Waals surface area contributed by atoms with Crippen LogP contribution in [-0.4, -0.2) is 32.9 Å². The lowest BCUT2D eigenvalue weighted by atomic mass is 10.1. The lowest BCUT2D eigenvalue weighted by Crippen LogP contribution is -2.36. The molecule has 3 aromatic rings. The van der Waals surface area contributed by atoms with Gasteiger partial charge < -0.3 is 4.90 Å². The van der Waals surface area contributed by atoms with Gasteiger partial charge in [0.15, 0.2) is 5.82 Å². The molecule has 5 nitrogen and oxygen atoms in total. The summed E-state index contributed by atoms with van der Waals surface area (Å²) in [6.45, 7) is 4.22. The van der Waals surface area contributed by atoms with Crippen molar-refractivity contribution in [1.82, 2.24) is 15.2 Å². The van der Waals surface area contributed by atoms with Crippen LogP contribution in [-0.2, 0) is 17.6 Å². The molecule has 138 valence electrons. The van der Waals surface area contributed by atoms with E-state index in [0.717, 1.165) is 29.9 Å². The van der Waals surface area contributed by atoms with Gasteiger partial charge in [0, 0.05) is 17.3 Å². The maximum absolute atomic E-state index is 12.8. The van der Waals surface area contributed by atoms with Crippen molar-refractivity contribution >= 4 is 23.4 Å². The summed E-state index contributed by atoms with van der Waals surface area (Å²) in [6, 6.07) is 16.6. The molecule has 0 spiro atoms. The average Bonchev–Trinajstić information content (AvgIpc) is 3.30. The summed E-state index contributed by atoms with van der Waals surface area (Å²) in [5.74, 6) is 1.15. The van der Waals surface area contributed by atoms with Gasteiger partial charge >= 0.3 is 0 Å². The Hall–Kier alpha value is -2.60. The molecule has 1 N–H and O–H groups in total. The predicted molar refractivity (Wildman–Crippen MR) is 109 cm³/mol. The van der Waals surface area contributed by atoms with Crippen LogP contribution < -0.4 is 4.90 Å². The second kappa shape index (κ2) is 7.56. The molecule has 2 heterocycles. The number of aromatic nitrogens is 3. The standard InChI is InChI=1S/C21H22N4OS/c1-3-15-8-10-16(11-9-15)20-22-21(24-23-20)27-13-19(26)25-14(2)12-17-6-4-5-7-18(17)25/h4-11,14H,3,12-13H2,1-2H3,(H,22,23,24). The Morgan fingerprint density at radius 1 is 1.22 bits per heavy atom. The van der Waals surface area contributed by atoms with Crippen LogP contribution in [0, 0.1) is 0 Å². The van der Waals surface area contributed by atoms with Gasteiger partial charge in [-0.1, -0.05) is 61.2 Å². The van der Waals surface area contributed by atoms with E-state index in [0.29, 0.717) is 10.9 Å². The van der Waals surface area contributed by atoms with Gasteiger partial charge in [-0.15, -0.1) is 5.10 Å². The highest BCUT2D eigenvalue weighted by Crippen LogP contribution is 2.32. The monoisotopic (exact) mass is 378 g/mol. The van der Waals surface area contributed by atoms with Crippen molar-refractivity contribution in [1.29, 1.82) is 0 Å². The quantitative estimate of drug-likeness (QED) is 0.679. The first-order valence-electron chi connectivity index (χ1n) is 9.20. The van der Waals surface area contributed by atoms with Crippen molar-refractivity contribution in [3.05, 3.63) is 59.7 Å². The molecule has 0 saturated heterocycles. The van der Waals surface area contributed by atoms with E-state index in [9.17, 15) is 4.79 Å². The number of fused-ring (bicyclic) bond motifs is 1. The van der Waals surface area contributed by atoms with Crippen molar-refractivity contribution in [3.63, 3.8) is 0 Å². The number of thioether (sulfide) groups is 1. The molecule has 1 amide bonds. The van der Waals surface area contributed by atoms with Gasteiger partial charge in [-0.05, 0) is 37.0 Å². The van der Waals surface area contributed by atoms with E-state index in [1.54, 1.807) is 0 Å². The normalized spacial score (nSPS) is 15.8. The highest BCUT2D eigenvalue weighted by molar-refractivity contribution is 7.99. The van der Waals surface area contributed by atoms with Crippen molar-refractivity contribution in [2.24, 2.45) is 0 Å². The summed E-state index contributed by atoms with van der Waals surface area (Å²) >= 11 is 1.37. The molecule has 1 aliphatic heterocycles. The fourth-order valence-corrected chi connectivity index (χ4v) is 4.14. The second-order valence-corrected chi connectivity index (χ2v) is 7.69. The van der Waals surface area contributed by atoms with Gasteiger partial charge in [0.05, 0.1) is 5.75 Å². The van der Waals surface area contributed by atoms with E-state index in [1.807, 2.05) is 35.2 Å². The minimum Gasteiger partial charge on any atom is -0.308 e. The van der Waals surface area contributed by atoms with Crippen LogP contribution in [0.1, 0.15) is 25.0 Å². The molecule has 1 atom stereocenters. The molecule has 1 aromatic heterocycles. The number of para-hydroxylation sites is 1. The van der Waals surface area contributed by atoms with Crippen molar-refractivity contribution < 1.29 is 4.79 Å². The van der Waals surface area contributed by atoms with E-state index < -0.39 is 0 Å². The third-order valence-corrected chi connectivity index (χ3v) is 5.73. The number of H-pyrrole nitrogens is 1. The van der Waals surface area contributed by atoms with E-state index in [-0.39, 0.29) is 11.9 Å². The second-order valence-electron chi connectivity index (χ2n) is 6.75. The molecule has 0 aliphatic carbocycles. The van der Waals surface area contributed by atoms with Crippen LogP contribution in [0.15, 0.2) is 53.7 Å². The summed E-state index contributed by atoms with van der Waals surface area (Å²) < 4.78 is 0. The smallest absolute Gasteiger partial charge is 0.237 e.